The minimum Gasteiger partial charge on any atom is -0.461 e. The number of nitrogens with one attached hydrogen (secondary N) is 1. The van der Waals surface area contributed by atoms with Gasteiger partial charge in [-0.05, 0) is 26.7 Å². The van der Waals surface area contributed by atoms with Crippen LogP contribution in [0.1, 0.15) is 39.5 Å². The van der Waals surface area contributed by atoms with Gasteiger partial charge in [0, 0.05) is 18.6 Å². The quantitative estimate of drug-likeness (QED) is 0.744. The zero-order valence-electron chi connectivity index (χ0n) is 12.0. The SMILES string of the molecule is CC(C)Oc1nc(N)nc(NC2CCCCC2CO)n1. The van der Waals surface area contributed by atoms with E-state index in [1.165, 1.54) is 0 Å². The van der Waals surface area contributed by atoms with Crippen molar-refractivity contribution in [3.63, 3.8) is 0 Å². The molecule has 0 amide bonds. The Morgan fingerprint density at radius 1 is 1.30 bits per heavy atom. The predicted molar refractivity (Wildman–Crippen MR) is 76.5 cm³/mol. The van der Waals surface area contributed by atoms with E-state index in [4.69, 9.17) is 10.5 Å². The van der Waals surface area contributed by atoms with Gasteiger partial charge in [-0.2, -0.15) is 15.0 Å². The van der Waals surface area contributed by atoms with Gasteiger partial charge in [-0.15, -0.1) is 0 Å². The highest BCUT2D eigenvalue weighted by Crippen LogP contribution is 2.26. The van der Waals surface area contributed by atoms with E-state index in [0.29, 0.717) is 5.95 Å². The molecule has 4 N–H and O–H groups in total. The minimum atomic E-state index is -0.0236. The summed E-state index contributed by atoms with van der Waals surface area (Å²) in [6.45, 7) is 3.97. The molecule has 0 spiro atoms. The zero-order valence-corrected chi connectivity index (χ0v) is 12.0. The molecule has 1 aromatic heterocycles. The van der Waals surface area contributed by atoms with E-state index < -0.39 is 0 Å². The maximum Gasteiger partial charge on any atom is 0.323 e. The van der Waals surface area contributed by atoms with Gasteiger partial charge in [0.05, 0.1) is 6.10 Å². The Balaban J connectivity index is 2.09. The van der Waals surface area contributed by atoms with Crippen molar-refractivity contribution in [1.29, 1.82) is 0 Å². The van der Waals surface area contributed by atoms with Crippen molar-refractivity contribution >= 4 is 11.9 Å². The smallest absolute Gasteiger partial charge is 0.323 e. The maximum absolute atomic E-state index is 9.43. The fourth-order valence-corrected chi connectivity index (χ4v) is 2.48. The molecule has 1 fully saturated rings. The molecule has 7 heteroatoms. The largest absolute Gasteiger partial charge is 0.461 e. The lowest BCUT2D eigenvalue weighted by molar-refractivity contribution is 0.177. The third kappa shape index (κ3) is 3.93. The number of hydrogen-bond donors (Lipinski definition) is 3. The molecule has 2 atom stereocenters. The Hall–Kier alpha value is -1.63. The van der Waals surface area contributed by atoms with Crippen LogP contribution in [0.2, 0.25) is 0 Å². The molecule has 1 aromatic rings. The third-order valence-corrected chi connectivity index (χ3v) is 3.43. The first-order valence-corrected chi connectivity index (χ1v) is 7.14. The predicted octanol–water partition coefficient (Wildman–Crippen LogP) is 1.20. The second kappa shape index (κ2) is 6.69. The Labute approximate surface area is 119 Å². The number of aliphatic hydroxyl groups is 1. The maximum atomic E-state index is 9.43. The molecule has 0 bridgehead atoms. The second-order valence-electron chi connectivity index (χ2n) is 5.44. The molecule has 7 nitrogen and oxygen atoms in total. The van der Waals surface area contributed by atoms with Crippen LogP contribution >= 0.6 is 0 Å². The Bertz CT molecular complexity index is 441. The number of aromatic nitrogens is 3. The molecule has 0 aromatic carbocycles. The summed E-state index contributed by atoms with van der Waals surface area (Å²) in [6.07, 6.45) is 4.29. The fraction of sp³-hybridized carbons (Fsp3) is 0.769. The van der Waals surface area contributed by atoms with Gasteiger partial charge in [0.2, 0.25) is 11.9 Å². The van der Waals surface area contributed by atoms with E-state index in [1.807, 2.05) is 13.8 Å². The van der Waals surface area contributed by atoms with Crippen LogP contribution in [-0.2, 0) is 0 Å². The second-order valence-corrected chi connectivity index (χ2v) is 5.44. The number of aliphatic hydroxyl groups excluding tert-OH is 1. The van der Waals surface area contributed by atoms with Crippen LogP contribution in [0.3, 0.4) is 0 Å². The summed E-state index contributed by atoms with van der Waals surface area (Å²) in [4.78, 5) is 12.3. The van der Waals surface area contributed by atoms with Gasteiger partial charge < -0.3 is 20.9 Å². The standard InChI is InChI=1S/C13H23N5O2/c1-8(2)20-13-17-11(14)16-12(18-13)15-10-6-4-3-5-9(10)7-19/h8-10,19H,3-7H2,1-2H3,(H3,14,15,16,17,18). The van der Waals surface area contributed by atoms with Crippen molar-refractivity contribution in [3.8, 4) is 6.01 Å². The Morgan fingerprint density at radius 2 is 2.05 bits per heavy atom. The molecule has 0 saturated heterocycles. The van der Waals surface area contributed by atoms with E-state index in [-0.39, 0.29) is 36.6 Å². The van der Waals surface area contributed by atoms with Gasteiger partial charge in [-0.1, -0.05) is 12.8 Å². The van der Waals surface area contributed by atoms with Gasteiger partial charge in [-0.25, -0.2) is 0 Å². The summed E-state index contributed by atoms with van der Waals surface area (Å²) in [6, 6.07) is 0.397. The van der Waals surface area contributed by atoms with E-state index >= 15 is 0 Å². The van der Waals surface area contributed by atoms with Crippen LogP contribution < -0.4 is 15.8 Å². The van der Waals surface area contributed by atoms with Gasteiger partial charge in [0.25, 0.3) is 0 Å². The molecule has 1 aliphatic rings. The molecule has 2 unspecified atom stereocenters. The molecule has 0 radical (unpaired) electrons. The Morgan fingerprint density at radius 3 is 2.75 bits per heavy atom. The molecule has 1 saturated carbocycles. The topological polar surface area (TPSA) is 106 Å². The van der Waals surface area contributed by atoms with E-state index in [2.05, 4.69) is 20.3 Å². The lowest BCUT2D eigenvalue weighted by atomic mass is 9.85. The summed E-state index contributed by atoms with van der Waals surface area (Å²) in [5.41, 5.74) is 5.68. The summed E-state index contributed by atoms with van der Waals surface area (Å²) < 4.78 is 5.45. The third-order valence-electron chi connectivity index (χ3n) is 3.43. The van der Waals surface area contributed by atoms with Crippen molar-refractivity contribution in [1.82, 2.24) is 15.0 Å². The van der Waals surface area contributed by atoms with Crippen molar-refractivity contribution < 1.29 is 9.84 Å². The normalized spacial score (nSPS) is 22.8. The first kappa shape index (κ1) is 14.8. The van der Waals surface area contributed by atoms with Gasteiger partial charge in [0.1, 0.15) is 0 Å². The summed E-state index contributed by atoms with van der Waals surface area (Å²) in [7, 11) is 0. The van der Waals surface area contributed by atoms with Crippen molar-refractivity contribution in [2.24, 2.45) is 5.92 Å². The lowest BCUT2D eigenvalue weighted by Crippen LogP contribution is -2.35. The minimum absolute atomic E-state index is 0.0236. The number of rotatable bonds is 5. The molecule has 2 rings (SSSR count). The number of ether oxygens (including phenoxy) is 1. The molecular weight excluding hydrogens is 258 g/mol. The van der Waals surface area contributed by atoms with Crippen LogP contribution in [-0.4, -0.2) is 38.8 Å². The number of nitrogen functional groups attached to an aromatic ring is 1. The Kier molecular flexibility index (Phi) is 4.94. The summed E-state index contributed by atoms with van der Waals surface area (Å²) in [5, 5.41) is 12.7. The number of anilines is 2. The molecule has 1 heterocycles. The highest BCUT2D eigenvalue weighted by Gasteiger charge is 2.25. The number of nitrogens with two attached hydrogens (primary N) is 1. The highest BCUT2D eigenvalue weighted by molar-refractivity contribution is 5.34. The lowest BCUT2D eigenvalue weighted by Gasteiger charge is -2.30. The van der Waals surface area contributed by atoms with Crippen LogP contribution in [0.5, 0.6) is 6.01 Å². The first-order chi connectivity index (χ1) is 9.58. The average molecular weight is 281 g/mol. The molecular formula is C13H23N5O2. The van der Waals surface area contributed by atoms with Crippen LogP contribution in [0, 0.1) is 5.92 Å². The molecule has 1 aliphatic carbocycles. The molecule has 112 valence electrons. The fourth-order valence-electron chi connectivity index (χ4n) is 2.48. The van der Waals surface area contributed by atoms with Crippen molar-refractivity contribution in [2.75, 3.05) is 17.7 Å². The van der Waals surface area contributed by atoms with Crippen LogP contribution in [0.25, 0.3) is 0 Å². The molecule has 0 aliphatic heterocycles. The van der Waals surface area contributed by atoms with Gasteiger partial charge in [0.15, 0.2) is 0 Å². The van der Waals surface area contributed by atoms with Crippen LogP contribution in [0.15, 0.2) is 0 Å². The van der Waals surface area contributed by atoms with Crippen molar-refractivity contribution in [3.05, 3.63) is 0 Å². The van der Waals surface area contributed by atoms with Crippen molar-refractivity contribution in [2.45, 2.75) is 51.7 Å². The van der Waals surface area contributed by atoms with E-state index in [0.717, 1.165) is 25.7 Å². The van der Waals surface area contributed by atoms with Gasteiger partial charge >= 0.3 is 6.01 Å². The zero-order chi connectivity index (χ0) is 14.5. The molecule has 20 heavy (non-hydrogen) atoms. The monoisotopic (exact) mass is 281 g/mol. The highest BCUT2D eigenvalue weighted by atomic mass is 16.5. The number of nitrogens with zero attached hydrogens (tertiary/aromatic N) is 3. The van der Waals surface area contributed by atoms with E-state index in [1.54, 1.807) is 0 Å². The average Bonchev–Trinajstić information content (AvgIpc) is 2.37. The van der Waals surface area contributed by atoms with Crippen LogP contribution in [0.4, 0.5) is 11.9 Å². The number of hydrogen-bond acceptors (Lipinski definition) is 7. The summed E-state index contributed by atoms with van der Waals surface area (Å²) in [5.74, 6) is 0.782. The first-order valence-electron chi connectivity index (χ1n) is 7.14. The van der Waals surface area contributed by atoms with E-state index in [9.17, 15) is 5.11 Å². The van der Waals surface area contributed by atoms with Gasteiger partial charge in [-0.3, -0.25) is 0 Å². The summed E-state index contributed by atoms with van der Waals surface area (Å²) >= 11 is 0.